The molecule has 5 nitrogen and oxygen atoms in total. The molecule has 5 heteroatoms. The lowest BCUT2D eigenvalue weighted by atomic mass is 9.82. The van der Waals surface area contributed by atoms with Gasteiger partial charge in [0.05, 0.1) is 11.6 Å². The maximum absolute atomic E-state index is 13.0. The first-order chi connectivity index (χ1) is 14.5. The van der Waals surface area contributed by atoms with Gasteiger partial charge in [0.2, 0.25) is 11.6 Å². The summed E-state index contributed by atoms with van der Waals surface area (Å²) in [6.45, 7) is 2.24. The zero-order valence-corrected chi connectivity index (χ0v) is 16.4. The molecule has 0 bridgehead atoms. The molecular weight excluding hydrogens is 378 g/mol. The van der Waals surface area contributed by atoms with Crippen LogP contribution in [0.3, 0.4) is 0 Å². The molecule has 0 saturated heterocycles. The molecular formula is C25H21NO4. The van der Waals surface area contributed by atoms with Crippen molar-refractivity contribution >= 4 is 17.3 Å². The highest BCUT2D eigenvalue weighted by molar-refractivity contribution is 6.52. The zero-order chi connectivity index (χ0) is 21.3. The summed E-state index contributed by atoms with van der Waals surface area (Å²) in [4.78, 5) is 25.8. The number of aromatic hydroxyl groups is 1. The van der Waals surface area contributed by atoms with Gasteiger partial charge in [-0.15, -0.1) is 0 Å². The number of rotatable bonds is 5. The number of carbonyl (C=O) groups excluding carboxylic acids is 2. The van der Waals surface area contributed by atoms with Gasteiger partial charge < -0.3 is 15.5 Å². The van der Waals surface area contributed by atoms with E-state index in [4.69, 9.17) is 0 Å². The third-order valence-corrected chi connectivity index (χ3v) is 5.27. The summed E-state index contributed by atoms with van der Waals surface area (Å²) in [6.07, 6.45) is 0. The Bertz CT molecular complexity index is 1160. The largest absolute Gasteiger partial charge is 0.508 e. The topological polar surface area (TPSA) is 86.6 Å². The highest BCUT2D eigenvalue weighted by atomic mass is 16.3. The second-order valence-electron chi connectivity index (χ2n) is 7.33. The van der Waals surface area contributed by atoms with Gasteiger partial charge in [0, 0.05) is 23.2 Å². The van der Waals surface area contributed by atoms with Gasteiger partial charge in [0.1, 0.15) is 11.5 Å². The maximum Gasteiger partial charge on any atom is 0.235 e. The van der Waals surface area contributed by atoms with Crippen LogP contribution in [0.5, 0.6) is 5.75 Å². The van der Waals surface area contributed by atoms with Gasteiger partial charge >= 0.3 is 0 Å². The third-order valence-electron chi connectivity index (χ3n) is 5.27. The first-order valence-corrected chi connectivity index (χ1v) is 9.65. The predicted molar refractivity (Wildman–Crippen MR) is 114 cm³/mol. The predicted octanol–water partition coefficient (Wildman–Crippen LogP) is 4.27. The summed E-state index contributed by atoms with van der Waals surface area (Å²) in [7, 11) is 0. The third kappa shape index (κ3) is 3.51. The van der Waals surface area contributed by atoms with Crippen molar-refractivity contribution in [2.75, 3.05) is 0 Å². The number of phenolic OH excluding ortho intramolecular Hbond substituents is 1. The molecule has 0 radical (unpaired) electrons. The molecule has 3 aromatic rings. The van der Waals surface area contributed by atoms with Gasteiger partial charge in [-0.25, -0.2) is 0 Å². The lowest BCUT2D eigenvalue weighted by molar-refractivity contribution is -0.112. The Labute approximate surface area is 174 Å². The van der Waals surface area contributed by atoms with Gasteiger partial charge in [0.15, 0.2) is 0 Å². The molecule has 150 valence electrons. The first kappa shape index (κ1) is 19.6. The molecule has 0 amide bonds. The van der Waals surface area contributed by atoms with E-state index < -0.39 is 17.6 Å². The fourth-order valence-electron chi connectivity index (χ4n) is 3.74. The van der Waals surface area contributed by atoms with E-state index in [-0.39, 0.29) is 22.6 Å². The lowest BCUT2D eigenvalue weighted by Gasteiger charge is -2.26. The lowest BCUT2D eigenvalue weighted by Crippen LogP contribution is -2.33. The van der Waals surface area contributed by atoms with Gasteiger partial charge in [-0.2, -0.15) is 0 Å². The highest BCUT2D eigenvalue weighted by Crippen LogP contribution is 2.38. The number of Topliss-reactive ketones (excluding diaryl/α,β-unsaturated/α-hetero) is 2. The molecule has 0 aromatic heterocycles. The van der Waals surface area contributed by atoms with Crippen LogP contribution in [0.1, 0.15) is 38.7 Å². The summed E-state index contributed by atoms with van der Waals surface area (Å²) < 4.78 is 0. The van der Waals surface area contributed by atoms with E-state index in [0.717, 1.165) is 11.1 Å². The van der Waals surface area contributed by atoms with E-state index >= 15 is 0 Å². The zero-order valence-electron chi connectivity index (χ0n) is 16.4. The van der Waals surface area contributed by atoms with E-state index in [1.54, 1.807) is 36.4 Å². The molecule has 0 spiro atoms. The number of aryl methyl sites for hydroxylation is 1. The van der Waals surface area contributed by atoms with E-state index in [0.29, 0.717) is 17.7 Å². The molecule has 30 heavy (non-hydrogen) atoms. The molecule has 4 rings (SSSR count). The number of aliphatic hydroxyl groups is 1. The molecule has 1 aliphatic carbocycles. The van der Waals surface area contributed by atoms with Crippen LogP contribution in [0.25, 0.3) is 5.76 Å². The van der Waals surface area contributed by atoms with Crippen molar-refractivity contribution in [1.82, 2.24) is 5.32 Å². The Morgan fingerprint density at radius 3 is 2.23 bits per heavy atom. The van der Waals surface area contributed by atoms with Crippen molar-refractivity contribution in [3.63, 3.8) is 0 Å². The van der Waals surface area contributed by atoms with Crippen molar-refractivity contribution in [1.29, 1.82) is 0 Å². The second-order valence-corrected chi connectivity index (χ2v) is 7.33. The number of benzene rings is 3. The normalized spacial score (nSPS) is 14.6. The number of ketones is 2. The Morgan fingerprint density at radius 2 is 1.50 bits per heavy atom. The average Bonchev–Trinajstić information content (AvgIpc) is 2.77. The minimum absolute atomic E-state index is 0.0226. The van der Waals surface area contributed by atoms with Crippen LogP contribution >= 0.6 is 0 Å². The van der Waals surface area contributed by atoms with Gasteiger partial charge in [-0.1, -0.05) is 72.3 Å². The van der Waals surface area contributed by atoms with Crippen LogP contribution in [0, 0.1) is 6.92 Å². The Morgan fingerprint density at radius 1 is 0.833 bits per heavy atom. The maximum atomic E-state index is 13.0. The quantitative estimate of drug-likeness (QED) is 0.558. The first-order valence-electron chi connectivity index (χ1n) is 9.65. The Balaban J connectivity index is 1.85. The Kier molecular flexibility index (Phi) is 5.21. The minimum atomic E-state index is -0.866. The Hall–Kier alpha value is -3.70. The van der Waals surface area contributed by atoms with Crippen LogP contribution in [0.2, 0.25) is 0 Å². The van der Waals surface area contributed by atoms with Crippen LogP contribution in [0.15, 0.2) is 78.4 Å². The van der Waals surface area contributed by atoms with Crippen molar-refractivity contribution in [2.45, 2.75) is 19.5 Å². The number of hydrogen-bond acceptors (Lipinski definition) is 5. The van der Waals surface area contributed by atoms with Crippen LogP contribution in [-0.4, -0.2) is 21.8 Å². The molecule has 1 unspecified atom stereocenters. The number of aliphatic hydroxyl groups excluding tert-OH is 1. The van der Waals surface area contributed by atoms with E-state index in [1.807, 2.05) is 37.3 Å². The van der Waals surface area contributed by atoms with Gasteiger partial charge in [-0.05, 0) is 18.6 Å². The van der Waals surface area contributed by atoms with E-state index in [1.165, 1.54) is 6.07 Å². The van der Waals surface area contributed by atoms with Crippen LogP contribution in [-0.2, 0) is 11.3 Å². The number of hydrogen-bond donors (Lipinski definition) is 3. The van der Waals surface area contributed by atoms with Crippen LogP contribution in [0.4, 0.5) is 0 Å². The van der Waals surface area contributed by atoms with Crippen molar-refractivity contribution < 1.29 is 19.8 Å². The molecule has 3 aromatic carbocycles. The highest BCUT2D eigenvalue weighted by Gasteiger charge is 2.38. The summed E-state index contributed by atoms with van der Waals surface area (Å²) in [5, 5.41) is 24.8. The molecule has 3 N–H and O–H groups in total. The molecule has 0 fully saturated rings. The monoisotopic (exact) mass is 399 g/mol. The molecule has 0 saturated carbocycles. The molecule has 0 heterocycles. The number of phenols is 1. The van der Waals surface area contributed by atoms with Gasteiger partial charge in [0.25, 0.3) is 0 Å². The van der Waals surface area contributed by atoms with Crippen molar-refractivity contribution in [3.8, 4) is 5.75 Å². The van der Waals surface area contributed by atoms with Crippen molar-refractivity contribution in [3.05, 3.63) is 106 Å². The summed E-state index contributed by atoms with van der Waals surface area (Å²) in [5.74, 6) is -1.72. The summed E-state index contributed by atoms with van der Waals surface area (Å²) in [6, 6.07) is 20.2. The second kappa shape index (κ2) is 7.97. The van der Waals surface area contributed by atoms with E-state index in [9.17, 15) is 19.8 Å². The summed E-state index contributed by atoms with van der Waals surface area (Å²) >= 11 is 0. The fourth-order valence-corrected chi connectivity index (χ4v) is 3.74. The van der Waals surface area contributed by atoms with Gasteiger partial charge in [-0.3, -0.25) is 9.59 Å². The molecule has 1 atom stereocenters. The number of carbonyl (C=O) groups is 2. The number of nitrogens with one attached hydrogen (secondary N) is 1. The fraction of sp³-hybridized carbons (Fsp3) is 0.120. The standard InChI is InChI=1S/C25H21NO4/c1-15-11-12-20(27)19(13-15)22(26-14-16-7-3-2-4-8-16)21-23(28)17-9-5-6-10-18(17)24(29)25(21)30/h2-13,22,26-28H,14H2,1H3. The SMILES string of the molecule is Cc1ccc(O)c(C(NCc2ccccc2)C2=C(O)c3ccccc3C(=O)C2=O)c1. The van der Waals surface area contributed by atoms with E-state index in [2.05, 4.69) is 5.32 Å². The number of fused-ring (bicyclic) bond motifs is 1. The van der Waals surface area contributed by atoms with Crippen LogP contribution < -0.4 is 5.32 Å². The molecule has 1 aliphatic rings. The van der Waals surface area contributed by atoms with Crippen molar-refractivity contribution in [2.24, 2.45) is 0 Å². The summed E-state index contributed by atoms with van der Waals surface area (Å²) in [5.41, 5.74) is 2.70. The average molecular weight is 399 g/mol. The smallest absolute Gasteiger partial charge is 0.235 e. The molecule has 0 aliphatic heterocycles. The minimum Gasteiger partial charge on any atom is -0.508 e.